The van der Waals surface area contributed by atoms with Gasteiger partial charge in [0.15, 0.2) is 5.75 Å². The van der Waals surface area contributed by atoms with Crippen LogP contribution in [0, 0.1) is 11.7 Å². The van der Waals surface area contributed by atoms with Crippen LogP contribution in [0.5, 0.6) is 5.75 Å². The molecule has 0 bridgehead atoms. The summed E-state index contributed by atoms with van der Waals surface area (Å²) in [4.78, 5) is 30.8. The van der Waals surface area contributed by atoms with Crippen molar-refractivity contribution in [3.05, 3.63) is 69.4 Å². The van der Waals surface area contributed by atoms with Crippen LogP contribution in [0.2, 0.25) is 0 Å². The molecule has 1 amide bonds. The van der Waals surface area contributed by atoms with Gasteiger partial charge in [0.25, 0.3) is 11.5 Å². The van der Waals surface area contributed by atoms with Crippen LogP contribution < -0.4 is 10.9 Å². The van der Waals surface area contributed by atoms with Gasteiger partial charge < -0.3 is 20.1 Å². The van der Waals surface area contributed by atoms with E-state index in [1.807, 2.05) is 6.26 Å². The van der Waals surface area contributed by atoms with Gasteiger partial charge in [-0.2, -0.15) is 11.8 Å². The predicted octanol–water partition coefficient (Wildman–Crippen LogP) is 3.09. The minimum Gasteiger partial charge on any atom is -0.505 e. The van der Waals surface area contributed by atoms with E-state index in [0.717, 1.165) is 29.7 Å². The van der Waals surface area contributed by atoms with Gasteiger partial charge >= 0.3 is 0 Å². The highest BCUT2D eigenvalue weighted by molar-refractivity contribution is 7.98. The lowest BCUT2D eigenvalue weighted by atomic mass is 10.0. The number of nitrogens with zero attached hydrogens (tertiary/aromatic N) is 2. The first-order valence-electron chi connectivity index (χ1n) is 11.3. The van der Waals surface area contributed by atoms with E-state index in [-0.39, 0.29) is 23.5 Å². The van der Waals surface area contributed by atoms with Crippen molar-refractivity contribution in [2.24, 2.45) is 5.92 Å². The molecule has 0 aliphatic heterocycles. The zero-order valence-corrected chi connectivity index (χ0v) is 19.8. The van der Waals surface area contributed by atoms with Crippen molar-refractivity contribution in [1.29, 1.82) is 0 Å². The number of carbonyl (C=O) groups excluding carboxylic acids is 1. The quantitative estimate of drug-likeness (QED) is 0.408. The van der Waals surface area contributed by atoms with Gasteiger partial charge in [0.2, 0.25) is 0 Å². The summed E-state index contributed by atoms with van der Waals surface area (Å²) in [5, 5.41) is 23.2. The van der Waals surface area contributed by atoms with Crippen molar-refractivity contribution in [2.75, 3.05) is 18.6 Å². The summed E-state index contributed by atoms with van der Waals surface area (Å²) in [5.74, 6) is -0.412. The van der Waals surface area contributed by atoms with Crippen molar-refractivity contribution in [3.63, 3.8) is 0 Å². The number of hydrogen-bond acceptors (Lipinski definition) is 6. The molecule has 0 spiro atoms. The molecule has 4 rings (SSSR count). The largest absolute Gasteiger partial charge is 0.505 e. The number of aliphatic hydroxyl groups is 1. The standard InChI is InChI=1S/C25H28FN3O4S/c1-34-9-8-19(14-30)28-24(32)21-23(31)22-20(29(25(21)33)13-16-2-3-16)11-17(12-27-22)10-15-4-6-18(26)7-5-15/h4-7,11-12,16,19,30-31H,2-3,8-10,13-14H2,1H3,(H,28,32)/t19-/m0/s1. The maximum atomic E-state index is 13.4. The van der Waals surface area contributed by atoms with Crippen LogP contribution in [0.15, 0.2) is 41.3 Å². The fraction of sp³-hybridized carbons (Fsp3) is 0.400. The Kier molecular flexibility index (Phi) is 7.53. The van der Waals surface area contributed by atoms with E-state index in [1.165, 1.54) is 16.7 Å². The van der Waals surface area contributed by atoms with Crippen LogP contribution in [0.25, 0.3) is 11.0 Å². The smallest absolute Gasteiger partial charge is 0.267 e. The zero-order chi connectivity index (χ0) is 24.2. The molecule has 3 N–H and O–H groups in total. The molecule has 0 radical (unpaired) electrons. The molecule has 1 fully saturated rings. The second-order valence-corrected chi connectivity index (χ2v) is 9.72. The van der Waals surface area contributed by atoms with E-state index in [1.54, 1.807) is 36.2 Å². The van der Waals surface area contributed by atoms with Gasteiger partial charge in [0.1, 0.15) is 16.9 Å². The summed E-state index contributed by atoms with van der Waals surface area (Å²) in [6, 6.07) is 7.45. The minimum atomic E-state index is -0.716. The highest BCUT2D eigenvalue weighted by atomic mass is 32.2. The van der Waals surface area contributed by atoms with Gasteiger partial charge in [-0.1, -0.05) is 12.1 Å². The maximum absolute atomic E-state index is 13.4. The maximum Gasteiger partial charge on any atom is 0.267 e. The summed E-state index contributed by atoms with van der Waals surface area (Å²) in [7, 11) is 0. The molecule has 1 saturated carbocycles. The Morgan fingerprint density at radius 1 is 1.29 bits per heavy atom. The Hall–Kier alpha value is -2.91. The van der Waals surface area contributed by atoms with E-state index >= 15 is 0 Å². The van der Waals surface area contributed by atoms with E-state index in [2.05, 4.69) is 10.3 Å². The molecule has 180 valence electrons. The molecule has 2 aromatic heterocycles. The number of thioether (sulfide) groups is 1. The molecule has 1 aliphatic carbocycles. The van der Waals surface area contributed by atoms with Crippen LogP contribution in [-0.4, -0.2) is 50.3 Å². The molecule has 1 aromatic carbocycles. The predicted molar refractivity (Wildman–Crippen MR) is 131 cm³/mol. The zero-order valence-electron chi connectivity index (χ0n) is 19.0. The van der Waals surface area contributed by atoms with Crippen LogP contribution in [0.1, 0.15) is 40.7 Å². The normalized spacial score (nSPS) is 14.3. The lowest BCUT2D eigenvalue weighted by Gasteiger charge is -2.18. The summed E-state index contributed by atoms with van der Waals surface area (Å²) in [5.41, 5.74) is 1.41. The molecule has 3 aromatic rings. The molecule has 0 unspecified atom stereocenters. The van der Waals surface area contributed by atoms with E-state index in [0.29, 0.717) is 30.8 Å². The van der Waals surface area contributed by atoms with Crippen LogP contribution >= 0.6 is 11.8 Å². The van der Waals surface area contributed by atoms with Crippen LogP contribution in [-0.2, 0) is 13.0 Å². The Labute approximate surface area is 201 Å². The third-order valence-corrected chi connectivity index (χ3v) is 6.69. The van der Waals surface area contributed by atoms with Crippen molar-refractivity contribution < 1.29 is 19.4 Å². The van der Waals surface area contributed by atoms with Gasteiger partial charge in [0, 0.05) is 12.7 Å². The monoisotopic (exact) mass is 485 g/mol. The third-order valence-electron chi connectivity index (χ3n) is 6.05. The van der Waals surface area contributed by atoms with Crippen LogP contribution in [0.3, 0.4) is 0 Å². The topological polar surface area (TPSA) is 104 Å². The highest BCUT2D eigenvalue weighted by Crippen LogP contribution is 2.33. The molecule has 7 nitrogen and oxygen atoms in total. The number of halogens is 1. The van der Waals surface area contributed by atoms with E-state index in [9.17, 15) is 24.2 Å². The fourth-order valence-corrected chi connectivity index (χ4v) is 4.47. The number of fused-ring (bicyclic) bond motifs is 1. The van der Waals surface area contributed by atoms with Crippen molar-refractivity contribution >= 4 is 28.7 Å². The fourth-order valence-electron chi connectivity index (χ4n) is 3.95. The lowest BCUT2D eigenvalue weighted by molar-refractivity contribution is 0.0910. The Morgan fingerprint density at radius 2 is 2.03 bits per heavy atom. The number of aromatic hydroxyl groups is 1. The van der Waals surface area contributed by atoms with Gasteiger partial charge in [0.05, 0.1) is 18.2 Å². The molecule has 34 heavy (non-hydrogen) atoms. The summed E-state index contributed by atoms with van der Waals surface area (Å²) in [6.07, 6.45) is 6.54. The van der Waals surface area contributed by atoms with Gasteiger partial charge in [-0.05, 0) is 72.9 Å². The first-order chi connectivity index (χ1) is 16.4. The number of benzene rings is 1. The first kappa shape index (κ1) is 24.2. The molecule has 1 atom stereocenters. The number of pyridine rings is 2. The number of carbonyl (C=O) groups is 1. The number of aliphatic hydroxyl groups excluding tert-OH is 1. The molecule has 0 saturated heterocycles. The number of nitrogens with one attached hydrogen (secondary N) is 1. The number of rotatable bonds is 10. The summed E-state index contributed by atoms with van der Waals surface area (Å²) >= 11 is 1.59. The Balaban J connectivity index is 1.73. The molecule has 2 heterocycles. The second kappa shape index (κ2) is 10.6. The minimum absolute atomic E-state index is 0.179. The van der Waals surface area contributed by atoms with Gasteiger partial charge in [-0.15, -0.1) is 0 Å². The molecular formula is C25H28FN3O4S. The molecule has 1 aliphatic rings. The molecule has 9 heteroatoms. The van der Waals surface area contributed by atoms with E-state index < -0.39 is 23.3 Å². The number of hydrogen-bond donors (Lipinski definition) is 3. The summed E-state index contributed by atoms with van der Waals surface area (Å²) in [6.45, 7) is 0.176. The lowest BCUT2D eigenvalue weighted by Crippen LogP contribution is -2.41. The van der Waals surface area contributed by atoms with Crippen molar-refractivity contribution in [2.45, 2.75) is 38.3 Å². The molecular weight excluding hydrogens is 457 g/mol. The third kappa shape index (κ3) is 5.42. The van der Waals surface area contributed by atoms with Crippen LogP contribution in [0.4, 0.5) is 4.39 Å². The first-order valence-corrected chi connectivity index (χ1v) is 12.7. The average molecular weight is 486 g/mol. The Morgan fingerprint density at radius 3 is 2.68 bits per heavy atom. The SMILES string of the molecule is CSCC[C@@H](CO)NC(=O)c1c(O)c2ncc(Cc3ccc(F)cc3)cc2n(CC2CC2)c1=O. The summed E-state index contributed by atoms with van der Waals surface area (Å²) < 4.78 is 14.8. The highest BCUT2D eigenvalue weighted by Gasteiger charge is 2.28. The van der Waals surface area contributed by atoms with Crippen molar-refractivity contribution in [1.82, 2.24) is 14.9 Å². The average Bonchev–Trinajstić information content (AvgIpc) is 3.65. The van der Waals surface area contributed by atoms with Gasteiger partial charge in [-0.25, -0.2) is 4.39 Å². The second-order valence-electron chi connectivity index (χ2n) is 8.73. The number of amides is 1. The van der Waals surface area contributed by atoms with Gasteiger partial charge in [-0.3, -0.25) is 14.6 Å². The number of aromatic nitrogens is 2. The van der Waals surface area contributed by atoms with Crippen molar-refractivity contribution in [3.8, 4) is 5.75 Å². The Bertz CT molecular complexity index is 1240. The van der Waals surface area contributed by atoms with E-state index in [4.69, 9.17) is 0 Å².